The lowest BCUT2D eigenvalue weighted by atomic mass is 10.2. The first-order valence-corrected chi connectivity index (χ1v) is 8.39. The Labute approximate surface area is 139 Å². The van der Waals surface area contributed by atoms with E-state index in [1.807, 2.05) is 30.3 Å². The molecule has 2 N–H and O–H groups in total. The van der Waals surface area contributed by atoms with Crippen molar-refractivity contribution >= 4 is 29.2 Å². The summed E-state index contributed by atoms with van der Waals surface area (Å²) < 4.78 is 0. The van der Waals surface area contributed by atoms with Crippen LogP contribution in [0.1, 0.15) is 0 Å². The largest absolute Gasteiger partial charge is 0.357 e. The number of anilines is 3. The standard InChI is InChI=1S/C17H17N5S/c1-18-17-21-15(12-5-4-8-19-11-12)10-16(22-17)20-13-6-3-7-14(9-13)23-2/h3-11H,1-2H3,(H2,18,20,21,22). The van der Waals surface area contributed by atoms with Crippen molar-refractivity contribution in [1.29, 1.82) is 0 Å². The van der Waals surface area contributed by atoms with Crippen LogP contribution < -0.4 is 10.6 Å². The second kappa shape index (κ2) is 7.11. The summed E-state index contributed by atoms with van der Waals surface area (Å²) in [4.78, 5) is 14.3. The predicted molar refractivity (Wildman–Crippen MR) is 96.3 cm³/mol. The van der Waals surface area contributed by atoms with Gasteiger partial charge in [-0.05, 0) is 36.6 Å². The maximum Gasteiger partial charge on any atom is 0.224 e. The molecule has 0 aliphatic heterocycles. The number of nitrogens with one attached hydrogen (secondary N) is 2. The van der Waals surface area contributed by atoms with Crippen molar-refractivity contribution in [1.82, 2.24) is 15.0 Å². The highest BCUT2D eigenvalue weighted by Crippen LogP contribution is 2.25. The average molecular weight is 323 g/mol. The van der Waals surface area contributed by atoms with Crippen molar-refractivity contribution in [2.75, 3.05) is 23.9 Å². The molecule has 0 saturated heterocycles. The molecule has 1 aromatic carbocycles. The van der Waals surface area contributed by atoms with Gasteiger partial charge in [0, 0.05) is 41.7 Å². The van der Waals surface area contributed by atoms with Crippen molar-refractivity contribution in [3.8, 4) is 11.3 Å². The molecule has 3 rings (SSSR count). The van der Waals surface area contributed by atoms with Gasteiger partial charge in [0.15, 0.2) is 0 Å². The molecule has 0 radical (unpaired) electrons. The van der Waals surface area contributed by atoms with E-state index in [1.54, 1.807) is 31.2 Å². The molecule has 0 unspecified atom stereocenters. The molecular formula is C17H17N5S. The van der Waals surface area contributed by atoms with E-state index in [1.165, 1.54) is 4.90 Å². The second-order valence-corrected chi connectivity index (χ2v) is 5.69. The zero-order chi connectivity index (χ0) is 16.1. The number of thioether (sulfide) groups is 1. The predicted octanol–water partition coefficient (Wildman–Crippen LogP) is 4.05. The van der Waals surface area contributed by atoms with Crippen LogP contribution in [0.15, 0.2) is 59.8 Å². The Morgan fingerprint density at radius 1 is 1.04 bits per heavy atom. The SMILES string of the molecule is CNc1nc(Nc2cccc(SC)c2)cc(-c2cccnc2)n1. The third kappa shape index (κ3) is 3.78. The summed E-state index contributed by atoms with van der Waals surface area (Å²) in [5, 5.41) is 6.34. The van der Waals surface area contributed by atoms with Gasteiger partial charge in [-0.1, -0.05) is 6.07 Å². The van der Waals surface area contributed by atoms with Gasteiger partial charge in [-0.2, -0.15) is 4.98 Å². The zero-order valence-corrected chi connectivity index (χ0v) is 13.8. The lowest BCUT2D eigenvalue weighted by Gasteiger charge is -2.10. The Balaban J connectivity index is 1.95. The summed E-state index contributed by atoms with van der Waals surface area (Å²) in [6.07, 6.45) is 5.60. The molecule has 3 aromatic rings. The van der Waals surface area contributed by atoms with Crippen LogP contribution in [0.3, 0.4) is 0 Å². The highest BCUT2D eigenvalue weighted by Gasteiger charge is 2.07. The smallest absolute Gasteiger partial charge is 0.224 e. The van der Waals surface area contributed by atoms with Gasteiger partial charge in [-0.3, -0.25) is 4.98 Å². The van der Waals surface area contributed by atoms with Gasteiger partial charge in [0.2, 0.25) is 5.95 Å². The fourth-order valence-electron chi connectivity index (χ4n) is 2.13. The summed E-state index contributed by atoms with van der Waals surface area (Å²) >= 11 is 1.71. The molecule has 116 valence electrons. The number of aromatic nitrogens is 3. The number of rotatable bonds is 5. The molecule has 0 aliphatic rings. The Morgan fingerprint density at radius 3 is 2.70 bits per heavy atom. The Hall–Kier alpha value is -2.60. The second-order valence-electron chi connectivity index (χ2n) is 4.81. The molecule has 0 saturated carbocycles. The van der Waals surface area contributed by atoms with E-state index < -0.39 is 0 Å². The highest BCUT2D eigenvalue weighted by atomic mass is 32.2. The van der Waals surface area contributed by atoms with Gasteiger partial charge >= 0.3 is 0 Å². The number of pyridine rings is 1. The minimum absolute atomic E-state index is 0.565. The number of nitrogens with zero attached hydrogens (tertiary/aromatic N) is 3. The first kappa shape index (κ1) is 15.3. The summed E-state index contributed by atoms with van der Waals surface area (Å²) in [7, 11) is 1.81. The van der Waals surface area contributed by atoms with Crippen molar-refractivity contribution in [2.24, 2.45) is 0 Å². The third-order valence-corrected chi connectivity index (χ3v) is 3.97. The van der Waals surface area contributed by atoms with E-state index >= 15 is 0 Å². The minimum atomic E-state index is 0.565. The van der Waals surface area contributed by atoms with E-state index in [0.717, 1.165) is 22.8 Å². The van der Waals surface area contributed by atoms with E-state index in [0.29, 0.717) is 5.95 Å². The fourth-order valence-corrected chi connectivity index (χ4v) is 2.59. The Morgan fingerprint density at radius 2 is 1.96 bits per heavy atom. The average Bonchev–Trinajstić information content (AvgIpc) is 2.62. The molecule has 5 nitrogen and oxygen atoms in total. The molecule has 0 spiro atoms. The summed E-state index contributed by atoms with van der Waals surface area (Å²) in [5.41, 5.74) is 2.77. The van der Waals surface area contributed by atoms with E-state index in [2.05, 4.69) is 44.0 Å². The number of benzene rings is 1. The highest BCUT2D eigenvalue weighted by molar-refractivity contribution is 7.98. The van der Waals surface area contributed by atoms with Crippen molar-refractivity contribution < 1.29 is 0 Å². The van der Waals surface area contributed by atoms with Crippen LogP contribution in [0.25, 0.3) is 11.3 Å². The fraction of sp³-hybridized carbons (Fsp3) is 0.118. The Kier molecular flexibility index (Phi) is 4.73. The van der Waals surface area contributed by atoms with Crippen LogP contribution in [-0.4, -0.2) is 28.3 Å². The molecule has 2 aromatic heterocycles. The quantitative estimate of drug-likeness (QED) is 0.691. The number of hydrogen-bond donors (Lipinski definition) is 2. The van der Waals surface area contributed by atoms with Crippen LogP contribution in [0.5, 0.6) is 0 Å². The van der Waals surface area contributed by atoms with E-state index in [-0.39, 0.29) is 0 Å². The monoisotopic (exact) mass is 323 g/mol. The maximum absolute atomic E-state index is 4.49. The molecule has 23 heavy (non-hydrogen) atoms. The normalized spacial score (nSPS) is 10.3. The summed E-state index contributed by atoms with van der Waals surface area (Å²) in [6.45, 7) is 0. The van der Waals surface area contributed by atoms with E-state index in [4.69, 9.17) is 0 Å². The van der Waals surface area contributed by atoms with Crippen LogP contribution >= 0.6 is 11.8 Å². The first-order chi connectivity index (χ1) is 11.3. The van der Waals surface area contributed by atoms with Crippen LogP contribution in [0.2, 0.25) is 0 Å². The van der Waals surface area contributed by atoms with Crippen LogP contribution in [0, 0.1) is 0 Å². The van der Waals surface area contributed by atoms with Gasteiger partial charge in [0.1, 0.15) is 5.82 Å². The van der Waals surface area contributed by atoms with Gasteiger partial charge in [-0.15, -0.1) is 11.8 Å². The lowest BCUT2D eigenvalue weighted by Crippen LogP contribution is -2.02. The molecule has 0 aliphatic carbocycles. The van der Waals surface area contributed by atoms with Gasteiger partial charge in [-0.25, -0.2) is 4.98 Å². The number of hydrogen-bond acceptors (Lipinski definition) is 6. The maximum atomic E-state index is 4.49. The molecule has 2 heterocycles. The molecule has 0 bridgehead atoms. The zero-order valence-electron chi connectivity index (χ0n) is 12.9. The van der Waals surface area contributed by atoms with E-state index in [9.17, 15) is 0 Å². The minimum Gasteiger partial charge on any atom is -0.357 e. The topological polar surface area (TPSA) is 62.7 Å². The molecule has 0 fully saturated rings. The van der Waals surface area contributed by atoms with Crippen LogP contribution in [-0.2, 0) is 0 Å². The molecule has 0 amide bonds. The summed E-state index contributed by atoms with van der Waals surface area (Å²) in [5.74, 6) is 1.30. The van der Waals surface area contributed by atoms with Crippen molar-refractivity contribution in [3.05, 3.63) is 54.9 Å². The van der Waals surface area contributed by atoms with Gasteiger partial charge in [0.05, 0.1) is 5.69 Å². The van der Waals surface area contributed by atoms with Crippen molar-refractivity contribution in [3.63, 3.8) is 0 Å². The molecule has 6 heteroatoms. The van der Waals surface area contributed by atoms with Gasteiger partial charge < -0.3 is 10.6 Å². The first-order valence-electron chi connectivity index (χ1n) is 7.17. The lowest BCUT2D eigenvalue weighted by molar-refractivity contribution is 1.15. The van der Waals surface area contributed by atoms with Gasteiger partial charge in [0.25, 0.3) is 0 Å². The molecular weight excluding hydrogens is 306 g/mol. The van der Waals surface area contributed by atoms with Crippen LogP contribution in [0.4, 0.5) is 17.5 Å². The Bertz CT molecular complexity index is 792. The molecule has 0 atom stereocenters. The third-order valence-electron chi connectivity index (χ3n) is 3.25. The van der Waals surface area contributed by atoms with Crippen molar-refractivity contribution in [2.45, 2.75) is 4.90 Å². The summed E-state index contributed by atoms with van der Waals surface area (Å²) in [6, 6.07) is 14.0.